The van der Waals surface area contributed by atoms with Gasteiger partial charge in [0, 0.05) is 0 Å². The second kappa shape index (κ2) is 7.46. The maximum Gasteiger partial charge on any atom is 0.313 e. The molecule has 5 nitrogen and oxygen atoms in total. The van der Waals surface area contributed by atoms with Crippen LogP contribution < -0.4 is 10.6 Å². The molecule has 2 aromatic rings. The summed E-state index contributed by atoms with van der Waals surface area (Å²) < 4.78 is 26.9. The molecule has 23 heavy (non-hydrogen) atoms. The van der Waals surface area contributed by atoms with Crippen molar-refractivity contribution in [3.8, 4) is 0 Å². The first-order valence-electron chi connectivity index (χ1n) is 6.74. The molecule has 0 aliphatic heterocycles. The lowest BCUT2D eigenvalue weighted by Gasteiger charge is -2.16. The van der Waals surface area contributed by atoms with Gasteiger partial charge in [0.1, 0.15) is 17.3 Å². The third kappa shape index (κ3) is 4.10. The average molecular weight is 320 g/mol. The van der Waals surface area contributed by atoms with E-state index in [1.54, 1.807) is 30.3 Å². The number of aliphatic hydroxyl groups is 1. The van der Waals surface area contributed by atoms with E-state index >= 15 is 0 Å². The van der Waals surface area contributed by atoms with Gasteiger partial charge in [0.15, 0.2) is 0 Å². The molecule has 7 heteroatoms. The van der Waals surface area contributed by atoms with Gasteiger partial charge in [-0.1, -0.05) is 36.4 Å². The summed E-state index contributed by atoms with van der Waals surface area (Å²) in [5.41, 5.74) is -0.110. The predicted molar refractivity (Wildman–Crippen MR) is 79.4 cm³/mol. The van der Waals surface area contributed by atoms with Crippen LogP contribution in [0.15, 0.2) is 48.5 Å². The lowest BCUT2D eigenvalue weighted by Crippen LogP contribution is -2.39. The number of rotatable bonds is 4. The molecule has 3 N–H and O–H groups in total. The van der Waals surface area contributed by atoms with Crippen LogP contribution in [0.25, 0.3) is 0 Å². The van der Waals surface area contributed by atoms with E-state index < -0.39 is 41.8 Å². The van der Waals surface area contributed by atoms with Crippen LogP contribution in [0.3, 0.4) is 0 Å². The van der Waals surface area contributed by atoms with Crippen molar-refractivity contribution in [2.45, 2.75) is 6.04 Å². The van der Waals surface area contributed by atoms with E-state index in [0.717, 1.165) is 18.2 Å². The van der Waals surface area contributed by atoms with Crippen molar-refractivity contribution in [2.24, 2.45) is 0 Å². The van der Waals surface area contributed by atoms with Crippen LogP contribution >= 0.6 is 0 Å². The summed E-state index contributed by atoms with van der Waals surface area (Å²) in [5.74, 6) is -4.33. The minimum atomic E-state index is -1.23. The summed E-state index contributed by atoms with van der Waals surface area (Å²) >= 11 is 0. The fourth-order valence-electron chi connectivity index (χ4n) is 1.93. The first-order valence-corrected chi connectivity index (χ1v) is 6.74. The van der Waals surface area contributed by atoms with Gasteiger partial charge in [-0.2, -0.15) is 0 Å². The van der Waals surface area contributed by atoms with Gasteiger partial charge in [-0.05, 0) is 17.7 Å². The fourth-order valence-corrected chi connectivity index (χ4v) is 1.93. The fraction of sp³-hybridized carbons (Fsp3) is 0.125. The van der Waals surface area contributed by atoms with Crippen molar-refractivity contribution < 1.29 is 23.5 Å². The number of halogens is 2. The molecule has 0 spiro atoms. The highest BCUT2D eigenvalue weighted by atomic mass is 19.1. The number of amides is 2. The Morgan fingerprint density at radius 2 is 1.57 bits per heavy atom. The van der Waals surface area contributed by atoms with E-state index in [1.807, 2.05) is 5.32 Å². The molecule has 0 aliphatic carbocycles. The zero-order valence-corrected chi connectivity index (χ0v) is 11.9. The topological polar surface area (TPSA) is 78.4 Å². The number of carbonyl (C=O) groups is 2. The summed E-state index contributed by atoms with van der Waals surface area (Å²) in [6.07, 6.45) is 0. The van der Waals surface area contributed by atoms with E-state index in [2.05, 4.69) is 5.32 Å². The van der Waals surface area contributed by atoms with Crippen molar-refractivity contribution in [1.82, 2.24) is 5.32 Å². The molecule has 0 fully saturated rings. The van der Waals surface area contributed by atoms with Crippen LogP contribution in [0.5, 0.6) is 0 Å². The minimum absolute atomic E-state index is 0.433. The zero-order chi connectivity index (χ0) is 16.8. The largest absolute Gasteiger partial charge is 0.394 e. The van der Waals surface area contributed by atoms with E-state index in [9.17, 15) is 23.5 Å². The monoisotopic (exact) mass is 320 g/mol. The van der Waals surface area contributed by atoms with Gasteiger partial charge in [-0.15, -0.1) is 0 Å². The second-order valence-electron chi connectivity index (χ2n) is 4.67. The third-order valence-corrected chi connectivity index (χ3v) is 3.10. The van der Waals surface area contributed by atoms with Gasteiger partial charge in [0.2, 0.25) is 0 Å². The number of nitrogens with one attached hydrogen (secondary N) is 2. The molecule has 2 rings (SSSR count). The van der Waals surface area contributed by atoms with Crippen LogP contribution in [0.1, 0.15) is 11.6 Å². The minimum Gasteiger partial charge on any atom is -0.394 e. The van der Waals surface area contributed by atoms with Crippen LogP contribution in [-0.4, -0.2) is 23.5 Å². The van der Waals surface area contributed by atoms with E-state index in [0.29, 0.717) is 5.56 Å². The van der Waals surface area contributed by atoms with E-state index in [-0.39, 0.29) is 0 Å². The first kappa shape index (κ1) is 16.6. The zero-order valence-electron chi connectivity index (χ0n) is 11.9. The summed E-state index contributed by atoms with van der Waals surface area (Å²) in [7, 11) is 0. The molecular weight excluding hydrogens is 306 g/mol. The van der Waals surface area contributed by atoms with Gasteiger partial charge < -0.3 is 15.7 Å². The van der Waals surface area contributed by atoms with Gasteiger partial charge in [0.25, 0.3) is 0 Å². The lowest BCUT2D eigenvalue weighted by atomic mass is 10.1. The second-order valence-corrected chi connectivity index (χ2v) is 4.67. The number of hydrogen-bond acceptors (Lipinski definition) is 3. The highest BCUT2D eigenvalue weighted by Crippen LogP contribution is 2.18. The van der Waals surface area contributed by atoms with Crippen molar-refractivity contribution in [3.63, 3.8) is 0 Å². The van der Waals surface area contributed by atoms with Crippen molar-refractivity contribution in [2.75, 3.05) is 11.9 Å². The Balaban J connectivity index is 2.06. The number of para-hydroxylation sites is 1. The quantitative estimate of drug-likeness (QED) is 0.751. The summed E-state index contributed by atoms with van der Waals surface area (Å²) in [6, 6.07) is 10.7. The molecule has 1 atom stereocenters. The van der Waals surface area contributed by atoms with Crippen LogP contribution in [0.4, 0.5) is 14.5 Å². The molecule has 0 saturated carbocycles. The summed E-state index contributed by atoms with van der Waals surface area (Å²) in [4.78, 5) is 23.6. The Morgan fingerprint density at radius 1 is 0.957 bits per heavy atom. The Kier molecular flexibility index (Phi) is 5.37. The molecule has 120 valence electrons. The predicted octanol–water partition coefficient (Wildman–Crippen LogP) is 1.75. The van der Waals surface area contributed by atoms with Crippen molar-refractivity contribution in [1.29, 1.82) is 0 Å². The Morgan fingerprint density at radius 3 is 2.13 bits per heavy atom. The Labute approximate surface area is 130 Å². The number of benzene rings is 2. The first-order chi connectivity index (χ1) is 11.0. The van der Waals surface area contributed by atoms with Gasteiger partial charge in [-0.25, -0.2) is 8.78 Å². The smallest absolute Gasteiger partial charge is 0.313 e. The Hall–Kier alpha value is -2.80. The number of anilines is 1. The standard InChI is InChI=1S/C16H14F2N2O3/c17-11-7-4-8-12(18)14(11)20-16(23)15(22)19-13(9-21)10-5-2-1-3-6-10/h1-8,13,21H,9H2,(H,19,22)(H,20,23)/t13-/m1/s1. The average Bonchev–Trinajstić information content (AvgIpc) is 2.56. The van der Waals surface area contributed by atoms with Crippen molar-refractivity contribution >= 4 is 17.5 Å². The molecule has 2 aromatic carbocycles. The van der Waals surface area contributed by atoms with Crippen LogP contribution in [-0.2, 0) is 9.59 Å². The van der Waals surface area contributed by atoms with Gasteiger partial charge in [0.05, 0.1) is 12.6 Å². The SMILES string of the molecule is O=C(Nc1c(F)cccc1F)C(=O)N[C@H](CO)c1ccccc1. The number of hydrogen-bond donors (Lipinski definition) is 3. The molecule has 0 unspecified atom stereocenters. The molecular formula is C16H14F2N2O3. The molecule has 0 heterocycles. The molecule has 0 aliphatic rings. The number of carbonyl (C=O) groups excluding carboxylic acids is 2. The highest BCUT2D eigenvalue weighted by molar-refractivity contribution is 6.39. The molecule has 0 aromatic heterocycles. The maximum atomic E-state index is 13.4. The third-order valence-electron chi connectivity index (χ3n) is 3.10. The molecule has 0 bridgehead atoms. The lowest BCUT2D eigenvalue weighted by molar-refractivity contribution is -0.136. The van der Waals surface area contributed by atoms with Crippen LogP contribution in [0.2, 0.25) is 0 Å². The normalized spacial score (nSPS) is 11.6. The van der Waals surface area contributed by atoms with Crippen LogP contribution in [0, 0.1) is 11.6 Å². The maximum absolute atomic E-state index is 13.4. The summed E-state index contributed by atoms with van der Waals surface area (Å²) in [5, 5.41) is 13.5. The number of aliphatic hydroxyl groups excluding tert-OH is 1. The van der Waals surface area contributed by atoms with Gasteiger partial charge in [-0.3, -0.25) is 9.59 Å². The summed E-state index contributed by atoms with van der Waals surface area (Å²) in [6.45, 7) is -0.433. The van der Waals surface area contributed by atoms with E-state index in [4.69, 9.17) is 0 Å². The molecule has 0 radical (unpaired) electrons. The molecule has 2 amide bonds. The van der Waals surface area contributed by atoms with Crippen molar-refractivity contribution in [3.05, 3.63) is 65.7 Å². The van der Waals surface area contributed by atoms with E-state index in [1.165, 1.54) is 0 Å². The Bertz CT molecular complexity index is 687. The highest BCUT2D eigenvalue weighted by Gasteiger charge is 2.21. The molecule has 0 saturated heterocycles. The van der Waals surface area contributed by atoms with Gasteiger partial charge >= 0.3 is 11.8 Å².